The fourth-order valence-corrected chi connectivity index (χ4v) is 1.34. The fourth-order valence-electron chi connectivity index (χ4n) is 1.34. The first-order valence-corrected chi connectivity index (χ1v) is 7.36. The molecule has 0 saturated carbocycles. The minimum absolute atomic E-state index is 0.156. The van der Waals surface area contributed by atoms with Crippen LogP contribution in [-0.4, -0.2) is 48.8 Å². The molecule has 0 saturated heterocycles. The molecule has 4 heteroatoms. The second-order valence-electron chi connectivity index (χ2n) is 4.82. The predicted octanol–water partition coefficient (Wildman–Crippen LogP) is 2.92. The molecular weight excluding hydrogens is 240 g/mol. The standard InChI is InChI=1S/C8H17NO.C7H15NO/c1-4-6-7-9(3)8(10)5-2;1-4-5-6-8(3)7(2)9/h4-7H2,1-3H3;4-6H2,1-3H3. The van der Waals surface area contributed by atoms with Gasteiger partial charge in [0.2, 0.25) is 11.8 Å². The third-order valence-corrected chi connectivity index (χ3v) is 2.96. The Bertz CT molecular complexity index is 242. The molecule has 0 aliphatic rings. The van der Waals surface area contributed by atoms with E-state index in [9.17, 15) is 9.59 Å². The van der Waals surface area contributed by atoms with Crippen molar-refractivity contribution in [1.29, 1.82) is 0 Å². The van der Waals surface area contributed by atoms with Gasteiger partial charge in [-0.05, 0) is 12.8 Å². The van der Waals surface area contributed by atoms with E-state index in [0.29, 0.717) is 6.42 Å². The smallest absolute Gasteiger partial charge is 0.222 e. The van der Waals surface area contributed by atoms with Crippen molar-refractivity contribution >= 4 is 11.8 Å². The first-order valence-electron chi connectivity index (χ1n) is 7.36. The molecule has 0 heterocycles. The quantitative estimate of drug-likeness (QED) is 0.715. The summed E-state index contributed by atoms with van der Waals surface area (Å²) in [6.45, 7) is 9.54. The lowest BCUT2D eigenvalue weighted by Gasteiger charge is -2.14. The molecule has 0 aromatic carbocycles. The Hall–Kier alpha value is -1.06. The van der Waals surface area contributed by atoms with Gasteiger partial charge in [0.15, 0.2) is 0 Å². The van der Waals surface area contributed by atoms with Gasteiger partial charge < -0.3 is 9.80 Å². The van der Waals surface area contributed by atoms with Gasteiger partial charge in [-0.15, -0.1) is 0 Å². The summed E-state index contributed by atoms with van der Waals surface area (Å²) in [7, 11) is 3.69. The van der Waals surface area contributed by atoms with Gasteiger partial charge in [-0.2, -0.15) is 0 Å². The largest absolute Gasteiger partial charge is 0.346 e. The second-order valence-corrected chi connectivity index (χ2v) is 4.82. The van der Waals surface area contributed by atoms with Crippen LogP contribution in [0.1, 0.15) is 59.8 Å². The van der Waals surface area contributed by atoms with Crippen molar-refractivity contribution < 1.29 is 9.59 Å². The lowest BCUT2D eigenvalue weighted by Crippen LogP contribution is -2.26. The van der Waals surface area contributed by atoms with Crippen molar-refractivity contribution in [1.82, 2.24) is 9.80 Å². The summed E-state index contributed by atoms with van der Waals surface area (Å²) in [4.78, 5) is 25.1. The minimum atomic E-state index is 0.156. The third kappa shape index (κ3) is 13.2. The Balaban J connectivity index is 0. The van der Waals surface area contributed by atoms with Gasteiger partial charge in [-0.25, -0.2) is 0 Å². The van der Waals surface area contributed by atoms with Crippen molar-refractivity contribution in [3.63, 3.8) is 0 Å². The lowest BCUT2D eigenvalue weighted by atomic mass is 10.3. The SMILES string of the molecule is CCCCN(C)C(=O)CC.CCCCN(C)C(C)=O. The Morgan fingerprint density at radius 3 is 1.58 bits per heavy atom. The second kappa shape index (κ2) is 13.4. The number of unbranched alkanes of at least 4 members (excludes halogenated alkanes) is 2. The number of amides is 2. The van der Waals surface area contributed by atoms with Crippen molar-refractivity contribution in [3.8, 4) is 0 Å². The van der Waals surface area contributed by atoms with Gasteiger partial charge in [0, 0.05) is 40.5 Å². The molecule has 0 bridgehead atoms. The van der Waals surface area contributed by atoms with E-state index in [1.54, 1.807) is 16.7 Å². The normalized spacial score (nSPS) is 9.37. The molecule has 0 aliphatic heterocycles. The zero-order valence-corrected chi connectivity index (χ0v) is 13.7. The molecule has 0 aliphatic carbocycles. The van der Waals surface area contributed by atoms with E-state index in [4.69, 9.17) is 0 Å². The number of hydrogen-bond acceptors (Lipinski definition) is 2. The first kappa shape index (κ1) is 20.3. The highest BCUT2D eigenvalue weighted by Gasteiger charge is 2.02. The van der Waals surface area contributed by atoms with E-state index in [0.717, 1.165) is 38.8 Å². The van der Waals surface area contributed by atoms with E-state index >= 15 is 0 Å². The van der Waals surface area contributed by atoms with E-state index in [-0.39, 0.29) is 11.8 Å². The van der Waals surface area contributed by atoms with Crippen LogP contribution in [-0.2, 0) is 9.59 Å². The minimum Gasteiger partial charge on any atom is -0.346 e. The molecule has 2 amide bonds. The first-order chi connectivity index (χ1) is 8.90. The molecule has 0 spiro atoms. The molecule has 0 rings (SSSR count). The van der Waals surface area contributed by atoms with Crippen LogP contribution in [0.15, 0.2) is 0 Å². The highest BCUT2D eigenvalue weighted by Crippen LogP contribution is 1.94. The van der Waals surface area contributed by atoms with E-state index in [2.05, 4.69) is 13.8 Å². The Morgan fingerprint density at radius 1 is 0.842 bits per heavy atom. The summed E-state index contributed by atoms with van der Waals surface area (Å²) in [6.07, 6.45) is 5.15. The average Bonchev–Trinajstić information content (AvgIpc) is 2.41. The Labute approximate surface area is 119 Å². The van der Waals surface area contributed by atoms with Crippen LogP contribution in [0.25, 0.3) is 0 Å². The maximum Gasteiger partial charge on any atom is 0.222 e. The Kier molecular flexibility index (Phi) is 14.3. The van der Waals surface area contributed by atoms with Gasteiger partial charge in [0.05, 0.1) is 0 Å². The summed E-state index contributed by atoms with van der Waals surface area (Å²) in [5.41, 5.74) is 0. The van der Waals surface area contributed by atoms with E-state index in [1.165, 1.54) is 0 Å². The molecule has 114 valence electrons. The molecule has 4 nitrogen and oxygen atoms in total. The zero-order chi connectivity index (χ0) is 15.3. The van der Waals surface area contributed by atoms with Crippen molar-refractivity contribution in [2.45, 2.75) is 59.8 Å². The summed E-state index contributed by atoms with van der Waals surface area (Å²) in [6, 6.07) is 0. The number of carbonyl (C=O) groups is 2. The van der Waals surface area contributed by atoms with Crippen LogP contribution >= 0.6 is 0 Å². The number of carbonyl (C=O) groups excluding carboxylic acids is 2. The summed E-state index contributed by atoms with van der Waals surface area (Å²) >= 11 is 0. The van der Waals surface area contributed by atoms with Gasteiger partial charge in [0.25, 0.3) is 0 Å². The molecule has 0 N–H and O–H groups in total. The molecular formula is C15H32N2O2. The number of hydrogen-bond donors (Lipinski definition) is 0. The maximum atomic E-state index is 10.9. The number of rotatable bonds is 7. The molecule has 0 radical (unpaired) electrons. The fraction of sp³-hybridized carbons (Fsp3) is 0.867. The topological polar surface area (TPSA) is 40.6 Å². The highest BCUT2D eigenvalue weighted by molar-refractivity contribution is 5.75. The molecule has 0 fully saturated rings. The van der Waals surface area contributed by atoms with Crippen LogP contribution in [0.3, 0.4) is 0 Å². The van der Waals surface area contributed by atoms with Gasteiger partial charge in [0.1, 0.15) is 0 Å². The lowest BCUT2D eigenvalue weighted by molar-refractivity contribution is -0.129. The average molecular weight is 272 g/mol. The Morgan fingerprint density at radius 2 is 1.26 bits per heavy atom. The van der Waals surface area contributed by atoms with Crippen LogP contribution in [0.2, 0.25) is 0 Å². The maximum absolute atomic E-state index is 10.9. The number of nitrogens with zero attached hydrogens (tertiary/aromatic N) is 2. The molecule has 0 unspecified atom stereocenters. The summed E-state index contributed by atoms with van der Waals surface area (Å²) < 4.78 is 0. The van der Waals surface area contributed by atoms with E-state index < -0.39 is 0 Å². The van der Waals surface area contributed by atoms with Crippen LogP contribution < -0.4 is 0 Å². The van der Waals surface area contributed by atoms with E-state index in [1.807, 2.05) is 21.0 Å². The van der Waals surface area contributed by atoms with Crippen LogP contribution in [0.5, 0.6) is 0 Å². The van der Waals surface area contributed by atoms with Gasteiger partial charge in [-0.3, -0.25) is 9.59 Å². The highest BCUT2D eigenvalue weighted by atomic mass is 16.2. The van der Waals surface area contributed by atoms with Crippen LogP contribution in [0, 0.1) is 0 Å². The third-order valence-electron chi connectivity index (χ3n) is 2.96. The molecule has 19 heavy (non-hydrogen) atoms. The molecule has 0 aromatic heterocycles. The van der Waals surface area contributed by atoms with Crippen LogP contribution in [0.4, 0.5) is 0 Å². The molecule has 0 aromatic rings. The summed E-state index contributed by atoms with van der Waals surface area (Å²) in [5, 5.41) is 0. The van der Waals surface area contributed by atoms with Crippen molar-refractivity contribution in [3.05, 3.63) is 0 Å². The van der Waals surface area contributed by atoms with Crippen molar-refractivity contribution in [2.24, 2.45) is 0 Å². The molecule has 0 atom stereocenters. The monoisotopic (exact) mass is 272 g/mol. The zero-order valence-electron chi connectivity index (χ0n) is 13.7. The van der Waals surface area contributed by atoms with Gasteiger partial charge >= 0.3 is 0 Å². The predicted molar refractivity (Wildman–Crippen MR) is 81.1 cm³/mol. The summed E-state index contributed by atoms with van der Waals surface area (Å²) in [5.74, 6) is 0.400. The van der Waals surface area contributed by atoms with Gasteiger partial charge in [-0.1, -0.05) is 33.6 Å². The van der Waals surface area contributed by atoms with Crippen molar-refractivity contribution in [2.75, 3.05) is 27.2 Å².